The van der Waals surface area contributed by atoms with Crippen molar-refractivity contribution in [3.8, 4) is 0 Å². The molecule has 0 radical (unpaired) electrons. The highest BCUT2D eigenvalue weighted by Crippen LogP contribution is 2.13. The molecule has 11 nitrogen and oxygen atoms in total. The van der Waals surface area contributed by atoms with Gasteiger partial charge in [0.05, 0.1) is 13.0 Å². The SMILES string of the molecule is CN1CC[15N]([13CH2]C(=O)[15NH][13CH2]CN(C)[13C](=O)[13CH2][13CH2][13C](=O)ON2C(=O)CCC2=O)CC1. The third-order valence-corrected chi connectivity index (χ3v) is 4.90. The molecule has 0 spiro atoms. The maximum absolute atomic E-state index is 12.1. The molecule has 2 fully saturated rings. The Morgan fingerprint density at radius 2 is 1.66 bits per heavy atom. The average molecular weight is 419 g/mol. The van der Waals surface area contributed by atoms with E-state index in [4.69, 9.17) is 4.84 Å². The van der Waals surface area contributed by atoms with Gasteiger partial charge in [0.15, 0.2) is 0 Å². The van der Waals surface area contributed by atoms with Crippen molar-refractivity contribution < 1.29 is 28.8 Å². The maximum Gasteiger partial charge on any atom is 0.333 e. The fourth-order valence-electron chi connectivity index (χ4n) is 2.96. The maximum atomic E-state index is 12.1. The van der Waals surface area contributed by atoms with Gasteiger partial charge < -0.3 is 20.0 Å². The van der Waals surface area contributed by atoms with Gasteiger partial charge in [0, 0.05) is 65.6 Å². The summed E-state index contributed by atoms with van der Waals surface area (Å²) in [5, 5.41) is 3.25. The second-order valence-electron chi connectivity index (χ2n) is 7.29. The molecule has 2 aliphatic rings. The highest BCUT2D eigenvalue weighted by molar-refractivity contribution is 6.01. The number of nitrogens with zero attached hydrogens (tertiary/aromatic N) is 4. The lowest BCUT2D eigenvalue weighted by atomic mass is 10.4. The fourth-order valence-corrected chi connectivity index (χ4v) is 2.96. The molecule has 0 unspecified atom stereocenters. The average Bonchev–Trinajstić information content (AvgIpc) is 2.99. The molecule has 2 heterocycles. The Morgan fingerprint density at radius 1 is 1.03 bits per heavy atom. The molecular formula is C18H29N5O6. The Labute approximate surface area is 169 Å². The Kier molecular flexibility index (Phi) is 8.52. The third-order valence-electron chi connectivity index (χ3n) is 4.90. The van der Waals surface area contributed by atoms with Gasteiger partial charge in [0.2, 0.25) is 11.8 Å². The Balaban J connectivity index is 1.58. The van der Waals surface area contributed by atoms with E-state index in [1.165, 1.54) is 4.90 Å². The molecule has 2 rings (SSSR count). The van der Waals surface area contributed by atoms with E-state index in [1.807, 2.05) is 0 Å². The molecule has 0 aliphatic carbocycles. The molecule has 0 aromatic carbocycles. The van der Waals surface area contributed by atoms with Crippen molar-refractivity contribution in [1.29, 1.82) is 0 Å². The van der Waals surface area contributed by atoms with Crippen LogP contribution in [0.2, 0.25) is 0 Å². The Morgan fingerprint density at radius 3 is 2.28 bits per heavy atom. The third kappa shape index (κ3) is 7.42. The lowest BCUT2D eigenvalue weighted by Crippen LogP contribution is -2.48. The summed E-state index contributed by atoms with van der Waals surface area (Å²) >= 11 is 0. The van der Waals surface area contributed by atoms with E-state index in [2.05, 4.69) is 22.2 Å². The number of likely N-dealkylation sites (N-methyl/N-ethyl adjacent to an activating group) is 2. The van der Waals surface area contributed by atoms with Gasteiger partial charge in [0.1, 0.15) is 0 Å². The van der Waals surface area contributed by atoms with Crippen molar-refractivity contribution in [1.82, 2.24) is 25.1 Å². The van der Waals surface area contributed by atoms with Gasteiger partial charge in [0.25, 0.3) is 11.8 Å². The minimum Gasteiger partial charge on any atom is -0.353 e. The number of nitrogens with one attached hydrogen (secondary N) is 1. The van der Waals surface area contributed by atoms with Gasteiger partial charge in [-0.2, -0.15) is 0 Å². The monoisotopic (exact) mass is 419 g/mol. The number of hydrogen-bond donors (Lipinski definition) is 1. The second kappa shape index (κ2) is 10.9. The molecule has 11 heteroatoms. The summed E-state index contributed by atoms with van der Waals surface area (Å²) in [6.45, 7) is 4.55. The molecule has 2 aliphatic heterocycles. The minimum absolute atomic E-state index is 0.0221. The molecule has 0 aromatic rings. The zero-order valence-corrected chi connectivity index (χ0v) is 17.0. The van der Waals surface area contributed by atoms with Crippen LogP contribution < -0.4 is 5.32 Å². The van der Waals surface area contributed by atoms with Crippen LogP contribution in [0.25, 0.3) is 0 Å². The van der Waals surface area contributed by atoms with Crippen LogP contribution in [0.15, 0.2) is 0 Å². The number of carbonyl (C=O) groups is 5. The van der Waals surface area contributed by atoms with Crippen LogP contribution in [0.3, 0.4) is 0 Å². The highest BCUT2D eigenvalue weighted by Gasteiger charge is 2.32. The summed E-state index contributed by atoms with van der Waals surface area (Å²) in [7, 11) is 3.63. The number of imide groups is 1. The van der Waals surface area contributed by atoms with E-state index >= 15 is 0 Å². The highest BCUT2D eigenvalue weighted by atomic mass is 16.8. The van der Waals surface area contributed by atoms with Gasteiger partial charge in [-0.25, -0.2) is 4.79 Å². The van der Waals surface area contributed by atoms with Crippen LogP contribution >= 0.6 is 0 Å². The summed E-state index contributed by atoms with van der Waals surface area (Å²) in [6, 6.07) is 0. The van der Waals surface area contributed by atoms with Crippen LogP contribution in [-0.2, 0) is 28.8 Å². The predicted octanol–water partition coefficient (Wildman–Crippen LogP) is -1.80. The predicted molar refractivity (Wildman–Crippen MR) is 101 cm³/mol. The first-order valence-electron chi connectivity index (χ1n) is 9.74. The van der Waals surface area contributed by atoms with E-state index in [0.717, 1.165) is 26.2 Å². The van der Waals surface area contributed by atoms with E-state index < -0.39 is 17.8 Å². The van der Waals surface area contributed by atoms with Crippen LogP contribution in [0.5, 0.6) is 0 Å². The molecule has 0 atom stereocenters. The van der Waals surface area contributed by atoms with Crippen LogP contribution in [-0.4, -0.2) is 109 Å². The molecule has 1 N–H and O–H groups in total. The largest absolute Gasteiger partial charge is 0.353 e. The van der Waals surface area contributed by atoms with E-state index in [0.29, 0.717) is 24.7 Å². The summed E-state index contributed by atoms with van der Waals surface area (Å²) in [5.74, 6) is -2.30. The van der Waals surface area contributed by atoms with Crippen LogP contribution in [0.1, 0.15) is 25.7 Å². The van der Waals surface area contributed by atoms with Gasteiger partial charge in [-0.05, 0) is 7.05 Å². The molecule has 0 saturated carbocycles. The lowest BCUT2D eigenvalue weighted by molar-refractivity contribution is -0.197. The van der Waals surface area contributed by atoms with Crippen molar-refractivity contribution in [3.63, 3.8) is 0 Å². The Bertz CT molecular complexity index is 631. The number of piperazine rings is 1. The molecule has 0 bridgehead atoms. The summed E-state index contributed by atoms with van der Waals surface area (Å²) in [5.41, 5.74) is 0. The molecule has 4 amide bonds. The number of hydroxylamine groups is 2. The number of amides is 4. The van der Waals surface area contributed by atoms with Crippen molar-refractivity contribution in [3.05, 3.63) is 0 Å². The minimum atomic E-state index is -0.809. The zero-order chi connectivity index (χ0) is 21.4. The Hall–Kier alpha value is -2.53. The van der Waals surface area contributed by atoms with E-state index in [9.17, 15) is 24.0 Å². The second-order valence-corrected chi connectivity index (χ2v) is 7.29. The zero-order valence-electron chi connectivity index (χ0n) is 17.0. The standard InChI is InChI=1S/C18H29N5O6/c1-20-9-11-22(12-10-20)13-14(24)19-7-8-21(2)15(25)5-6-18(28)29-23-16(26)3-4-17(23)27/h3-13H2,1-2H3,(H,19,24)/i5+1,6+1,7+1,13+1,15+1,18+1,19+1,22+1. The topological polar surface area (TPSA) is 120 Å². The number of carbonyl (C=O) groups excluding carboxylic acids is 5. The van der Waals surface area contributed by atoms with Crippen molar-refractivity contribution in [2.24, 2.45) is 0 Å². The van der Waals surface area contributed by atoms with Crippen molar-refractivity contribution in [2.45, 2.75) is 25.7 Å². The molecule has 162 valence electrons. The fraction of sp³-hybridized carbons (Fsp3) is 0.722. The van der Waals surface area contributed by atoms with Crippen molar-refractivity contribution >= 4 is 29.6 Å². The first kappa shape index (κ1) is 22.8. The number of rotatable bonds is 9. The van der Waals surface area contributed by atoms with E-state index in [1.54, 1.807) is 7.05 Å². The first-order valence-corrected chi connectivity index (χ1v) is 9.74. The smallest absolute Gasteiger partial charge is 0.333 e. The van der Waals surface area contributed by atoms with Crippen LogP contribution in [0.4, 0.5) is 0 Å². The first-order chi connectivity index (χ1) is 13.8. The molecule has 29 heavy (non-hydrogen) atoms. The van der Waals surface area contributed by atoms with Crippen LogP contribution in [0, 0.1) is 0 Å². The van der Waals surface area contributed by atoms with Gasteiger partial charge in [-0.3, -0.25) is 24.1 Å². The number of hydrogen-bond acceptors (Lipinski definition) is 8. The molecule has 0 aromatic heterocycles. The van der Waals surface area contributed by atoms with Crippen molar-refractivity contribution in [2.75, 3.05) is 59.9 Å². The summed E-state index contributed by atoms with van der Waals surface area (Å²) in [6.07, 6.45) is -0.306. The molecular weight excluding hydrogens is 390 g/mol. The van der Waals surface area contributed by atoms with E-state index in [-0.39, 0.29) is 37.5 Å². The van der Waals surface area contributed by atoms with Gasteiger partial charge >= 0.3 is 5.97 Å². The normalized spacial score (nSPS) is 18.1. The quantitative estimate of drug-likeness (QED) is 0.264. The summed E-state index contributed by atoms with van der Waals surface area (Å²) in [4.78, 5) is 69.0. The summed E-state index contributed by atoms with van der Waals surface area (Å²) < 4.78 is 0. The van der Waals surface area contributed by atoms with Gasteiger partial charge in [-0.15, -0.1) is 5.06 Å². The molecule has 2 saturated heterocycles. The lowest BCUT2D eigenvalue weighted by Gasteiger charge is -2.31. The van der Waals surface area contributed by atoms with Gasteiger partial charge in [-0.1, -0.05) is 0 Å².